The van der Waals surface area contributed by atoms with E-state index in [-0.39, 0.29) is 17.9 Å². The molecule has 3 rings (SSSR count). The normalized spacial score (nSPS) is 17.3. The Morgan fingerprint density at radius 3 is 2.56 bits per heavy atom. The largest absolute Gasteiger partial charge is 0.381 e. The summed E-state index contributed by atoms with van der Waals surface area (Å²) in [4.78, 5) is 27.1. The van der Waals surface area contributed by atoms with Crippen LogP contribution in [-0.2, 0) is 4.74 Å². The molecule has 1 fully saturated rings. The Bertz CT molecular complexity index is 785. The molecule has 1 heterocycles. The Kier molecular flexibility index (Phi) is 6.24. The van der Waals surface area contributed by atoms with E-state index in [1.807, 2.05) is 30.3 Å². The molecule has 2 aromatic rings. The molecule has 5 heteroatoms. The molecule has 27 heavy (non-hydrogen) atoms. The Labute approximate surface area is 160 Å². The molecule has 0 aliphatic carbocycles. The zero-order valence-electron chi connectivity index (χ0n) is 15.9. The first-order valence-electron chi connectivity index (χ1n) is 9.42. The minimum absolute atomic E-state index is 0.0892. The predicted molar refractivity (Wildman–Crippen MR) is 106 cm³/mol. The van der Waals surface area contributed by atoms with Gasteiger partial charge in [0, 0.05) is 42.4 Å². The Hall–Kier alpha value is -2.66. The molecule has 2 aromatic carbocycles. The summed E-state index contributed by atoms with van der Waals surface area (Å²) in [7, 11) is 1.73. The van der Waals surface area contributed by atoms with Crippen LogP contribution in [0.4, 0.5) is 5.69 Å². The molecule has 0 spiro atoms. The predicted octanol–water partition coefficient (Wildman–Crippen LogP) is 3.51. The monoisotopic (exact) mass is 366 g/mol. The maximum absolute atomic E-state index is 12.8. The van der Waals surface area contributed by atoms with Crippen LogP contribution in [0.2, 0.25) is 0 Å². The number of hydrogen-bond acceptors (Lipinski definition) is 3. The number of ether oxygens (including phenoxy) is 1. The second kappa shape index (κ2) is 8.82. The lowest BCUT2D eigenvalue weighted by Crippen LogP contribution is -2.40. The molecule has 5 nitrogen and oxygen atoms in total. The van der Waals surface area contributed by atoms with E-state index in [0.29, 0.717) is 23.7 Å². The minimum atomic E-state index is -0.147. The lowest BCUT2D eigenvalue weighted by atomic mass is 9.96. The van der Waals surface area contributed by atoms with Crippen molar-refractivity contribution in [2.45, 2.75) is 25.8 Å². The Morgan fingerprint density at radius 2 is 1.89 bits per heavy atom. The number of nitrogens with one attached hydrogen (secondary N) is 1. The molecule has 1 aliphatic rings. The summed E-state index contributed by atoms with van der Waals surface area (Å²) in [6.45, 7) is 3.52. The van der Waals surface area contributed by atoms with Gasteiger partial charge in [-0.1, -0.05) is 31.2 Å². The van der Waals surface area contributed by atoms with E-state index in [2.05, 4.69) is 12.2 Å². The maximum atomic E-state index is 12.8. The van der Waals surface area contributed by atoms with E-state index in [9.17, 15) is 9.59 Å². The molecular formula is C22H26N2O3. The van der Waals surface area contributed by atoms with E-state index in [1.165, 1.54) is 0 Å². The van der Waals surface area contributed by atoms with E-state index in [1.54, 1.807) is 36.2 Å². The van der Waals surface area contributed by atoms with Gasteiger partial charge in [-0.05, 0) is 43.2 Å². The Balaban J connectivity index is 1.72. The SMILES string of the molecule is CC[C@@H](NC(=O)c1cccc(C(=O)N(C)c2ccccc2)c1)[C@H]1CCOC1. The maximum Gasteiger partial charge on any atom is 0.258 e. The van der Waals surface area contributed by atoms with Crippen LogP contribution in [0.5, 0.6) is 0 Å². The molecule has 0 radical (unpaired) electrons. The van der Waals surface area contributed by atoms with Crippen molar-refractivity contribution < 1.29 is 14.3 Å². The molecule has 142 valence electrons. The van der Waals surface area contributed by atoms with Gasteiger partial charge in [-0.15, -0.1) is 0 Å². The minimum Gasteiger partial charge on any atom is -0.381 e. The van der Waals surface area contributed by atoms with Crippen molar-refractivity contribution in [2.24, 2.45) is 5.92 Å². The summed E-state index contributed by atoms with van der Waals surface area (Å²) in [5, 5.41) is 3.11. The van der Waals surface area contributed by atoms with Crippen LogP contribution in [0.15, 0.2) is 54.6 Å². The Morgan fingerprint density at radius 1 is 1.15 bits per heavy atom. The fourth-order valence-electron chi connectivity index (χ4n) is 3.43. The van der Waals surface area contributed by atoms with Crippen LogP contribution in [0.25, 0.3) is 0 Å². The van der Waals surface area contributed by atoms with Crippen LogP contribution in [0, 0.1) is 5.92 Å². The molecule has 1 saturated heterocycles. The van der Waals surface area contributed by atoms with Crippen molar-refractivity contribution in [3.05, 3.63) is 65.7 Å². The lowest BCUT2D eigenvalue weighted by molar-refractivity contribution is 0.0914. The number of hydrogen-bond donors (Lipinski definition) is 1. The van der Waals surface area contributed by atoms with Crippen molar-refractivity contribution in [1.29, 1.82) is 0 Å². The number of anilines is 1. The number of para-hydroxylation sites is 1. The molecule has 2 amide bonds. The van der Waals surface area contributed by atoms with E-state index < -0.39 is 0 Å². The highest BCUT2D eigenvalue weighted by atomic mass is 16.5. The number of carbonyl (C=O) groups is 2. The summed E-state index contributed by atoms with van der Waals surface area (Å²) in [5.74, 6) is 0.0610. The molecule has 2 atom stereocenters. The van der Waals surface area contributed by atoms with Crippen molar-refractivity contribution in [2.75, 3.05) is 25.2 Å². The quantitative estimate of drug-likeness (QED) is 0.851. The number of amides is 2. The van der Waals surface area contributed by atoms with E-state index in [4.69, 9.17) is 4.74 Å². The number of benzene rings is 2. The van der Waals surface area contributed by atoms with Gasteiger partial charge in [-0.25, -0.2) is 0 Å². The van der Waals surface area contributed by atoms with Crippen molar-refractivity contribution in [1.82, 2.24) is 5.32 Å². The number of nitrogens with zero attached hydrogens (tertiary/aromatic N) is 1. The summed E-state index contributed by atoms with van der Waals surface area (Å²) < 4.78 is 5.44. The smallest absolute Gasteiger partial charge is 0.258 e. The van der Waals surface area contributed by atoms with Gasteiger partial charge in [-0.3, -0.25) is 9.59 Å². The summed E-state index contributed by atoms with van der Waals surface area (Å²) in [5.41, 5.74) is 1.80. The van der Waals surface area contributed by atoms with Gasteiger partial charge in [0.1, 0.15) is 0 Å². The van der Waals surface area contributed by atoms with Crippen molar-refractivity contribution in [3.8, 4) is 0 Å². The first-order valence-corrected chi connectivity index (χ1v) is 9.42. The number of rotatable bonds is 6. The van der Waals surface area contributed by atoms with Crippen LogP contribution in [-0.4, -0.2) is 38.1 Å². The van der Waals surface area contributed by atoms with Gasteiger partial charge in [-0.2, -0.15) is 0 Å². The standard InChI is InChI=1S/C22H26N2O3/c1-3-20(18-12-13-27-15-18)23-21(25)16-8-7-9-17(14-16)22(26)24(2)19-10-5-4-6-11-19/h4-11,14,18,20H,3,12-13,15H2,1-2H3,(H,23,25)/t18-,20+/m0/s1. The highest BCUT2D eigenvalue weighted by Gasteiger charge is 2.26. The molecule has 1 aliphatic heterocycles. The van der Waals surface area contributed by atoms with Crippen LogP contribution in [0.1, 0.15) is 40.5 Å². The van der Waals surface area contributed by atoms with Gasteiger partial charge in [0.05, 0.1) is 6.61 Å². The summed E-state index contributed by atoms with van der Waals surface area (Å²) >= 11 is 0. The van der Waals surface area contributed by atoms with Crippen LogP contribution >= 0.6 is 0 Å². The molecule has 0 aromatic heterocycles. The summed E-state index contributed by atoms with van der Waals surface area (Å²) in [6, 6.07) is 16.4. The average Bonchev–Trinajstić information content (AvgIpc) is 3.26. The number of carbonyl (C=O) groups excluding carboxylic acids is 2. The lowest BCUT2D eigenvalue weighted by Gasteiger charge is -2.22. The van der Waals surface area contributed by atoms with Crippen molar-refractivity contribution in [3.63, 3.8) is 0 Å². The zero-order valence-corrected chi connectivity index (χ0v) is 15.9. The third-order valence-electron chi connectivity index (χ3n) is 5.11. The van der Waals surface area contributed by atoms with Crippen LogP contribution < -0.4 is 10.2 Å². The van der Waals surface area contributed by atoms with Crippen molar-refractivity contribution >= 4 is 17.5 Å². The van der Waals surface area contributed by atoms with Gasteiger partial charge in [0.25, 0.3) is 11.8 Å². The van der Waals surface area contributed by atoms with Gasteiger partial charge >= 0.3 is 0 Å². The first kappa shape index (κ1) is 19.1. The average molecular weight is 366 g/mol. The highest BCUT2D eigenvalue weighted by molar-refractivity contribution is 6.07. The van der Waals surface area contributed by atoms with Gasteiger partial charge in [0.15, 0.2) is 0 Å². The fourth-order valence-corrected chi connectivity index (χ4v) is 3.43. The fraction of sp³-hybridized carbons (Fsp3) is 0.364. The molecule has 0 bridgehead atoms. The molecular weight excluding hydrogens is 340 g/mol. The third kappa shape index (κ3) is 4.55. The molecule has 0 saturated carbocycles. The van der Waals surface area contributed by atoms with Crippen LogP contribution in [0.3, 0.4) is 0 Å². The highest BCUT2D eigenvalue weighted by Crippen LogP contribution is 2.20. The second-order valence-electron chi connectivity index (χ2n) is 6.89. The zero-order chi connectivity index (χ0) is 19.2. The summed E-state index contributed by atoms with van der Waals surface area (Å²) in [6.07, 6.45) is 1.83. The topological polar surface area (TPSA) is 58.6 Å². The van der Waals surface area contributed by atoms with E-state index in [0.717, 1.165) is 25.1 Å². The molecule has 1 N–H and O–H groups in total. The first-order chi connectivity index (χ1) is 13.1. The van der Waals surface area contributed by atoms with E-state index >= 15 is 0 Å². The third-order valence-corrected chi connectivity index (χ3v) is 5.11. The van der Waals surface area contributed by atoms with Gasteiger partial charge < -0.3 is 15.0 Å². The second-order valence-corrected chi connectivity index (χ2v) is 6.89. The molecule has 0 unspecified atom stereocenters. The van der Waals surface area contributed by atoms with Gasteiger partial charge in [0.2, 0.25) is 0 Å².